The second-order valence-corrected chi connectivity index (χ2v) is 7.78. The van der Waals surface area contributed by atoms with E-state index in [0.717, 1.165) is 44.7 Å². The maximum Gasteiger partial charge on any atom is 0.222 e. The number of aromatic nitrogens is 1. The highest BCUT2D eigenvalue weighted by Gasteiger charge is 2.41. The van der Waals surface area contributed by atoms with Crippen molar-refractivity contribution >= 4 is 11.7 Å². The first kappa shape index (κ1) is 17.5. The van der Waals surface area contributed by atoms with Crippen molar-refractivity contribution < 1.29 is 4.79 Å². The van der Waals surface area contributed by atoms with E-state index < -0.39 is 0 Å². The van der Waals surface area contributed by atoms with Gasteiger partial charge in [-0.1, -0.05) is 30.3 Å². The molecule has 2 aliphatic heterocycles. The average molecular weight is 360 g/mol. The van der Waals surface area contributed by atoms with Crippen molar-refractivity contribution in [3.63, 3.8) is 0 Å². The number of nitriles is 1. The zero-order valence-electron chi connectivity index (χ0n) is 15.5. The summed E-state index contributed by atoms with van der Waals surface area (Å²) < 4.78 is 0. The van der Waals surface area contributed by atoms with Gasteiger partial charge >= 0.3 is 0 Å². The molecule has 3 heterocycles. The molecule has 0 aliphatic carbocycles. The Bertz CT molecular complexity index is 843. The lowest BCUT2D eigenvalue weighted by molar-refractivity contribution is -0.138. The van der Waals surface area contributed by atoms with Gasteiger partial charge in [0.2, 0.25) is 5.91 Å². The fraction of sp³-hybridized carbons (Fsp3) is 0.409. The summed E-state index contributed by atoms with van der Waals surface area (Å²) in [5.41, 5.74) is 1.91. The fourth-order valence-electron chi connectivity index (χ4n) is 4.43. The molecule has 0 radical (unpaired) electrons. The van der Waals surface area contributed by atoms with E-state index in [9.17, 15) is 4.79 Å². The zero-order valence-corrected chi connectivity index (χ0v) is 15.5. The lowest BCUT2D eigenvalue weighted by Crippen LogP contribution is -2.54. The first-order valence-electron chi connectivity index (χ1n) is 9.60. The van der Waals surface area contributed by atoms with Crippen LogP contribution in [0.5, 0.6) is 0 Å². The van der Waals surface area contributed by atoms with Crippen molar-refractivity contribution in [3.05, 3.63) is 59.8 Å². The van der Waals surface area contributed by atoms with Gasteiger partial charge < -0.3 is 9.80 Å². The van der Waals surface area contributed by atoms with Gasteiger partial charge in [-0.15, -0.1) is 0 Å². The highest BCUT2D eigenvalue weighted by atomic mass is 16.2. The maximum absolute atomic E-state index is 12.5. The lowest BCUT2D eigenvalue weighted by Gasteiger charge is -2.48. The Hall–Kier alpha value is -2.87. The van der Waals surface area contributed by atoms with E-state index in [1.807, 2.05) is 35.2 Å². The highest BCUT2D eigenvalue weighted by Crippen LogP contribution is 2.40. The molecule has 2 fully saturated rings. The van der Waals surface area contributed by atoms with Crippen molar-refractivity contribution in [3.8, 4) is 6.07 Å². The molecule has 1 amide bonds. The number of likely N-dealkylation sites (tertiary alicyclic amines) is 1. The van der Waals surface area contributed by atoms with Crippen LogP contribution in [0.3, 0.4) is 0 Å². The van der Waals surface area contributed by atoms with Crippen molar-refractivity contribution in [1.82, 2.24) is 9.88 Å². The minimum absolute atomic E-state index is 0.135. The SMILES string of the molecule is N#Cc1ccc(N2CCC[C@]3(CCC(=O)N(Cc4ccccc4)C3)C2)nc1. The number of pyridine rings is 1. The van der Waals surface area contributed by atoms with Gasteiger partial charge in [0.1, 0.15) is 11.9 Å². The molecule has 138 valence electrons. The van der Waals surface area contributed by atoms with Crippen LogP contribution >= 0.6 is 0 Å². The predicted molar refractivity (Wildman–Crippen MR) is 104 cm³/mol. The Morgan fingerprint density at radius 2 is 1.96 bits per heavy atom. The molecular formula is C22H24N4O. The van der Waals surface area contributed by atoms with Gasteiger partial charge in [-0.3, -0.25) is 4.79 Å². The molecule has 0 unspecified atom stereocenters. The maximum atomic E-state index is 12.5. The number of hydrogen-bond acceptors (Lipinski definition) is 4. The van der Waals surface area contributed by atoms with Crippen molar-refractivity contribution in [2.24, 2.45) is 5.41 Å². The summed E-state index contributed by atoms with van der Waals surface area (Å²) in [5, 5.41) is 8.97. The van der Waals surface area contributed by atoms with E-state index in [1.54, 1.807) is 6.20 Å². The van der Waals surface area contributed by atoms with Gasteiger partial charge in [0, 0.05) is 44.2 Å². The topological polar surface area (TPSA) is 60.2 Å². The first-order chi connectivity index (χ1) is 13.2. The summed E-state index contributed by atoms with van der Waals surface area (Å²) in [6.45, 7) is 3.40. The third-order valence-corrected chi connectivity index (χ3v) is 5.83. The normalized spacial score (nSPS) is 22.7. The Kier molecular flexibility index (Phi) is 4.81. The van der Waals surface area contributed by atoms with Crippen molar-refractivity contribution in [1.29, 1.82) is 5.26 Å². The summed E-state index contributed by atoms with van der Waals surface area (Å²) in [4.78, 5) is 21.3. The van der Waals surface area contributed by atoms with Crippen LogP contribution in [0, 0.1) is 16.7 Å². The van der Waals surface area contributed by atoms with Crippen LogP contribution in [0.15, 0.2) is 48.7 Å². The first-order valence-corrected chi connectivity index (χ1v) is 9.60. The molecular weight excluding hydrogens is 336 g/mol. The summed E-state index contributed by atoms with van der Waals surface area (Å²) in [5.74, 6) is 1.19. The van der Waals surface area contributed by atoms with Crippen LogP contribution in [0.1, 0.15) is 36.8 Å². The van der Waals surface area contributed by atoms with E-state index in [4.69, 9.17) is 5.26 Å². The standard InChI is InChI=1S/C22H24N4O/c23-13-19-7-8-20(24-14-19)25-12-4-10-22(16-25)11-9-21(27)26(17-22)15-18-5-2-1-3-6-18/h1-3,5-8,14H,4,9-12,15-17H2/t22-/m0/s1. The van der Waals surface area contributed by atoms with Gasteiger partial charge in [0.05, 0.1) is 5.56 Å². The minimum Gasteiger partial charge on any atom is -0.356 e. The molecule has 2 aliphatic rings. The summed E-state index contributed by atoms with van der Waals surface area (Å²) >= 11 is 0. The molecule has 4 rings (SSSR count). The molecule has 5 heteroatoms. The van der Waals surface area contributed by atoms with Crippen LogP contribution < -0.4 is 4.90 Å². The number of hydrogen-bond donors (Lipinski definition) is 0. The molecule has 27 heavy (non-hydrogen) atoms. The number of carbonyl (C=O) groups excluding carboxylic acids is 1. The van der Waals surface area contributed by atoms with Crippen LogP contribution in [0.2, 0.25) is 0 Å². The molecule has 1 atom stereocenters. The van der Waals surface area contributed by atoms with Crippen molar-refractivity contribution in [2.75, 3.05) is 24.5 Å². The lowest BCUT2D eigenvalue weighted by atomic mass is 9.73. The number of benzene rings is 1. The van der Waals surface area contributed by atoms with Crippen LogP contribution in [0.25, 0.3) is 0 Å². The molecule has 5 nitrogen and oxygen atoms in total. The number of anilines is 1. The average Bonchev–Trinajstić information content (AvgIpc) is 2.72. The molecule has 0 bridgehead atoms. The van der Waals surface area contributed by atoms with Crippen LogP contribution in [-0.4, -0.2) is 35.4 Å². The van der Waals surface area contributed by atoms with E-state index in [-0.39, 0.29) is 11.3 Å². The van der Waals surface area contributed by atoms with Crippen LogP contribution in [0.4, 0.5) is 5.82 Å². The predicted octanol–water partition coefficient (Wildman–Crippen LogP) is 3.36. The summed E-state index contributed by atoms with van der Waals surface area (Å²) in [7, 11) is 0. The molecule has 1 aromatic heterocycles. The Morgan fingerprint density at radius 1 is 1.11 bits per heavy atom. The zero-order chi connectivity index (χ0) is 18.7. The van der Waals surface area contributed by atoms with Crippen LogP contribution in [-0.2, 0) is 11.3 Å². The third-order valence-electron chi connectivity index (χ3n) is 5.83. The highest BCUT2D eigenvalue weighted by molar-refractivity contribution is 5.77. The van der Waals surface area contributed by atoms with E-state index >= 15 is 0 Å². The number of nitrogens with zero attached hydrogens (tertiary/aromatic N) is 4. The van der Waals surface area contributed by atoms with Gasteiger partial charge in [-0.05, 0) is 37.0 Å². The third kappa shape index (κ3) is 3.80. The van der Waals surface area contributed by atoms with E-state index in [2.05, 4.69) is 28.1 Å². The summed E-state index contributed by atoms with van der Waals surface area (Å²) in [6.07, 6.45) is 5.47. The van der Waals surface area contributed by atoms with E-state index in [0.29, 0.717) is 18.5 Å². The quantitative estimate of drug-likeness (QED) is 0.842. The second kappa shape index (κ2) is 7.40. The molecule has 0 N–H and O–H groups in total. The number of piperidine rings is 2. The molecule has 1 aromatic carbocycles. The monoisotopic (exact) mass is 360 g/mol. The Balaban J connectivity index is 1.49. The van der Waals surface area contributed by atoms with E-state index in [1.165, 1.54) is 5.56 Å². The number of amides is 1. The van der Waals surface area contributed by atoms with Gasteiger partial charge in [-0.2, -0.15) is 5.26 Å². The molecule has 2 aromatic rings. The number of carbonyl (C=O) groups is 1. The molecule has 1 spiro atoms. The largest absolute Gasteiger partial charge is 0.356 e. The van der Waals surface area contributed by atoms with Gasteiger partial charge in [0.15, 0.2) is 0 Å². The van der Waals surface area contributed by atoms with Crippen molar-refractivity contribution in [2.45, 2.75) is 32.2 Å². The smallest absolute Gasteiger partial charge is 0.222 e. The summed E-state index contributed by atoms with van der Waals surface area (Å²) in [6, 6.07) is 16.1. The Morgan fingerprint density at radius 3 is 2.70 bits per heavy atom. The molecule has 0 saturated carbocycles. The Labute approximate surface area is 160 Å². The van der Waals surface area contributed by atoms with Gasteiger partial charge in [-0.25, -0.2) is 4.98 Å². The minimum atomic E-state index is 0.135. The number of rotatable bonds is 3. The second-order valence-electron chi connectivity index (χ2n) is 7.78. The fourth-order valence-corrected chi connectivity index (χ4v) is 4.43. The van der Waals surface area contributed by atoms with Gasteiger partial charge in [0.25, 0.3) is 0 Å². The molecule has 2 saturated heterocycles.